The molecule has 0 saturated carbocycles. The monoisotopic (exact) mass is 497 g/mol. The maximum Gasteiger partial charge on any atom is 0.303 e. The Morgan fingerprint density at radius 1 is 0.629 bits per heavy atom. The van der Waals surface area contributed by atoms with Crippen molar-refractivity contribution in [3.8, 4) is 0 Å². The van der Waals surface area contributed by atoms with Crippen molar-refractivity contribution in [1.82, 2.24) is 0 Å². The predicted octanol–water partition coefficient (Wildman–Crippen LogP) is 5.67. The molecule has 0 rings (SSSR count). The second-order valence-electron chi connectivity index (χ2n) is 9.92. The van der Waals surface area contributed by atoms with E-state index in [4.69, 9.17) is 10.2 Å². The van der Waals surface area contributed by atoms with E-state index in [-0.39, 0.29) is 19.3 Å². The lowest BCUT2D eigenvalue weighted by Crippen LogP contribution is -2.45. The van der Waals surface area contributed by atoms with E-state index >= 15 is 0 Å². The Hall–Kier alpha value is -1.89. The third-order valence-corrected chi connectivity index (χ3v) is 6.62. The van der Waals surface area contributed by atoms with Crippen LogP contribution >= 0.6 is 0 Å². The fourth-order valence-electron chi connectivity index (χ4n) is 4.53. The first-order valence-corrected chi connectivity index (χ1v) is 14.0. The first-order valence-electron chi connectivity index (χ1n) is 14.0. The number of carboxylic acids is 3. The molecule has 0 fully saturated rings. The topological polar surface area (TPSA) is 115 Å². The van der Waals surface area contributed by atoms with E-state index < -0.39 is 17.9 Å². The molecular weight excluding hydrogens is 446 g/mol. The molecule has 7 nitrogen and oxygen atoms in total. The first kappa shape index (κ1) is 33.1. The molecule has 0 aliphatic heterocycles. The van der Waals surface area contributed by atoms with Crippen molar-refractivity contribution < 1.29 is 34.2 Å². The van der Waals surface area contributed by atoms with E-state index in [2.05, 4.69) is 19.2 Å². The van der Waals surface area contributed by atoms with E-state index in [1.165, 1.54) is 51.4 Å². The molecule has 0 atom stereocenters. The van der Waals surface area contributed by atoms with Crippen LogP contribution in [0.3, 0.4) is 0 Å². The van der Waals surface area contributed by atoms with Gasteiger partial charge in [-0.2, -0.15) is 0 Å². The summed E-state index contributed by atoms with van der Waals surface area (Å²) < 4.78 is 0.670. The highest BCUT2D eigenvalue weighted by Crippen LogP contribution is 2.19. The maximum atomic E-state index is 10.9. The summed E-state index contributed by atoms with van der Waals surface area (Å²) in [5, 5.41) is 28.8. The van der Waals surface area contributed by atoms with Gasteiger partial charge in [0.05, 0.1) is 25.8 Å². The average molecular weight is 498 g/mol. The van der Waals surface area contributed by atoms with Gasteiger partial charge in [-0.25, -0.2) is 0 Å². The van der Waals surface area contributed by atoms with Crippen LogP contribution in [0.5, 0.6) is 0 Å². The van der Waals surface area contributed by atoms with Crippen molar-refractivity contribution >= 4 is 17.9 Å². The minimum atomic E-state index is -1.04. The number of carbonyl (C=O) groups excluding carboxylic acids is 1. The van der Waals surface area contributed by atoms with Crippen LogP contribution in [0.4, 0.5) is 0 Å². The number of hydrogen-bond donors (Lipinski definition) is 2. The smallest absolute Gasteiger partial charge is 0.303 e. The standard InChI is InChI=1S/C28H51NO6/c1-2-3-4-5-6-7-8-9-10-11-15-22-29(23-16-12-19-26(30)31,24-17-13-20-27(32)33)25-18-14-21-28(34)35/h15,22H,2-14,16-21,23-25H2,1H3,(H2-,30,31,32,33,34,35)/b22-15+. The first-order chi connectivity index (χ1) is 16.8. The number of quaternary nitrogens is 1. The van der Waals surface area contributed by atoms with Crippen molar-refractivity contribution in [2.45, 2.75) is 129 Å². The van der Waals surface area contributed by atoms with Gasteiger partial charge in [-0.05, 0) is 63.9 Å². The molecule has 0 aromatic heterocycles. The lowest BCUT2D eigenvalue weighted by Gasteiger charge is -2.35. The molecular formula is C28H51NO6. The van der Waals surface area contributed by atoms with Crippen LogP contribution in [0, 0.1) is 0 Å². The summed E-state index contributed by atoms with van der Waals surface area (Å²) in [6.45, 7) is 4.60. The fraction of sp³-hybridized carbons (Fsp3) is 0.821. The maximum absolute atomic E-state index is 10.9. The molecule has 0 aliphatic carbocycles. The van der Waals surface area contributed by atoms with Gasteiger partial charge >= 0.3 is 11.9 Å². The molecule has 0 bridgehead atoms. The molecule has 0 unspecified atom stereocenters. The highest BCUT2D eigenvalue weighted by molar-refractivity contribution is 5.66. The zero-order valence-corrected chi connectivity index (χ0v) is 22.2. The van der Waals surface area contributed by atoms with Gasteiger partial charge in [0, 0.05) is 18.8 Å². The number of unbranched alkanes of at least 4 members (excludes halogenated alkanes) is 12. The van der Waals surface area contributed by atoms with Gasteiger partial charge in [0.15, 0.2) is 0 Å². The molecule has 0 amide bonds. The van der Waals surface area contributed by atoms with Crippen LogP contribution in [0.15, 0.2) is 12.3 Å². The summed E-state index contributed by atoms with van der Waals surface area (Å²) >= 11 is 0. The van der Waals surface area contributed by atoms with Crippen molar-refractivity contribution in [2.24, 2.45) is 0 Å². The van der Waals surface area contributed by atoms with Gasteiger partial charge in [-0.1, -0.05) is 58.3 Å². The van der Waals surface area contributed by atoms with Gasteiger partial charge in [0.1, 0.15) is 0 Å². The largest absolute Gasteiger partial charge is 0.550 e. The van der Waals surface area contributed by atoms with Crippen LogP contribution in [-0.2, 0) is 14.4 Å². The second-order valence-corrected chi connectivity index (χ2v) is 9.92. The van der Waals surface area contributed by atoms with E-state index in [1.54, 1.807) is 0 Å². The third-order valence-electron chi connectivity index (χ3n) is 6.62. The molecule has 0 saturated heterocycles. The lowest BCUT2D eigenvalue weighted by atomic mass is 10.1. The molecule has 0 heterocycles. The van der Waals surface area contributed by atoms with E-state index in [1.807, 2.05) is 0 Å². The zero-order chi connectivity index (χ0) is 26.2. The zero-order valence-electron chi connectivity index (χ0n) is 22.2. The molecule has 0 aromatic carbocycles. The molecule has 204 valence electrons. The highest BCUT2D eigenvalue weighted by atomic mass is 16.4. The molecule has 0 aromatic rings. The molecule has 35 heavy (non-hydrogen) atoms. The van der Waals surface area contributed by atoms with Gasteiger partial charge in [-0.3, -0.25) is 14.1 Å². The number of carboxylic acid groups (broad SMARTS) is 3. The minimum Gasteiger partial charge on any atom is -0.550 e. The van der Waals surface area contributed by atoms with Crippen molar-refractivity contribution in [1.29, 1.82) is 0 Å². The third kappa shape index (κ3) is 22.3. The molecule has 2 N–H and O–H groups in total. The van der Waals surface area contributed by atoms with E-state index in [9.17, 15) is 19.5 Å². The Morgan fingerprint density at radius 3 is 1.49 bits per heavy atom. The number of aliphatic carboxylic acids is 3. The lowest BCUT2D eigenvalue weighted by molar-refractivity contribution is -0.880. The van der Waals surface area contributed by atoms with Crippen LogP contribution in [0.2, 0.25) is 0 Å². The number of carbonyl (C=O) groups is 3. The summed E-state index contributed by atoms with van der Waals surface area (Å²) in [6, 6.07) is 0. The molecule has 0 aliphatic rings. The van der Waals surface area contributed by atoms with Gasteiger partial charge in [-0.15, -0.1) is 0 Å². The van der Waals surface area contributed by atoms with Crippen LogP contribution in [-0.4, -0.2) is 52.2 Å². The molecule has 7 heteroatoms. The average Bonchev–Trinajstić information content (AvgIpc) is 2.80. The SMILES string of the molecule is CCCCCCCCCCC/C=C/[N+](CCCCC(=O)[O-])(CCCCC(=O)O)CCCCC(=O)O. The van der Waals surface area contributed by atoms with Gasteiger partial charge in [0.25, 0.3) is 0 Å². The van der Waals surface area contributed by atoms with Crippen molar-refractivity contribution in [3.63, 3.8) is 0 Å². The summed E-state index contributed by atoms with van der Waals surface area (Å²) in [4.78, 5) is 32.7. The highest BCUT2D eigenvalue weighted by Gasteiger charge is 2.24. The number of hydrogen-bond acceptors (Lipinski definition) is 4. The molecule has 0 spiro atoms. The Labute approximate surface area is 213 Å². The number of nitrogens with zero attached hydrogens (tertiary/aromatic N) is 1. The van der Waals surface area contributed by atoms with Crippen LogP contribution < -0.4 is 5.11 Å². The van der Waals surface area contributed by atoms with Gasteiger partial charge < -0.3 is 20.1 Å². The van der Waals surface area contributed by atoms with Crippen molar-refractivity contribution in [2.75, 3.05) is 19.6 Å². The minimum absolute atomic E-state index is 0.0419. The summed E-state index contributed by atoms with van der Waals surface area (Å²) in [7, 11) is 0. The Bertz CT molecular complexity index is 535. The Morgan fingerprint density at radius 2 is 1.06 bits per heavy atom. The fourth-order valence-corrected chi connectivity index (χ4v) is 4.53. The Balaban J connectivity index is 4.82. The van der Waals surface area contributed by atoms with Crippen LogP contribution in [0.25, 0.3) is 0 Å². The number of allylic oxidation sites excluding steroid dienone is 1. The summed E-state index contributed by atoms with van der Waals surface area (Å²) in [6.07, 6.45) is 21.4. The van der Waals surface area contributed by atoms with Gasteiger partial charge in [0.2, 0.25) is 0 Å². The quantitative estimate of drug-likeness (QED) is 0.118. The number of rotatable bonds is 26. The van der Waals surface area contributed by atoms with E-state index in [0.717, 1.165) is 51.7 Å². The summed E-state index contributed by atoms with van der Waals surface area (Å²) in [5.74, 6) is -2.62. The van der Waals surface area contributed by atoms with E-state index in [0.29, 0.717) is 23.7 Å². The summed E-state index contributed by atoms with van der Waals surface area (Å²) in [5.41, 5.74) is 0. The van der Waals surface area contributed by atoms with Crippen molar-refractivity contribution in [3.05, 3.63) is 12.3 Å². The molecule has 0 radical (unpaired) electrons. The van der Waals surface area contributed by atoms with Crippen LogP contribution in [0.1, 0.15) is 129 Å². The second kappa shape index (κ2) is 22.6. The predicted molar refractivity (Wildman–Crippen MR) is 138 cm³/mol. The normalized spacial score (nSPS) is 11.8. The Kier molecular flexibility index (Phi) is 21.3.